The Morgan fingerprint density at radius 1 is 1.50 bits per heavy atom. The topological polar surface area (TPSA) is 80.5 Å². The van der Waals surface area contributed by atoms with Crippen molar-refractivity contribution in [1.82, 2.24) is 20.4 Å². The Balaban J connectivity index is 1.49. The van der Waals surface area contributed by atoms with Gasteiger partial charge in [-0.05, 0) is 38.8 Å². The number of aryl methyl sites for hydroxylation is 1. The van der Waals surface area contributed by atoms with Gasteiger partial charge in [0.25, 0.3) is 0 Å². The second-order valence-corrected chi connectivity index (χ2v) is 6.56. The summed E-state index contributed by atoms with van der Waals surface area (Å²) < 4.78 is 24.2. The predicted molar refractivity (Wildman–Crippen MR) is 92.5 cm³/mol. The van der Waals surface area contributed by atoms with E-state index >= 15 is 0 Å². The van der Waals surface area contributed by atoms with Gasteiger partial charge in [-0.15, -0.1) is 0 Å². The van der Waals surface area contributed by atoms with Gasteiger partial charge in [-0.25, -0.2) is 9.18 Å². The number of amides is 2. The number of carbonyl (C=O) groups is 1. The highest BCUT2D eigenvalue weighted by molar-refractivity contribution is 5.74. The maximum Gasteiger partial charge on any atom is 0.317 e. The monoisotopic (exact) mass is 362 g/mol. The lowest BCUT2D eigenvalue weighted by Gasteiger charge is -2.32. The summed E-state index contributed by atoms with van der Waals surface area (Å²) in [5.41, 5.74) is 0. The van der Waals surface area contributed by atoms with Gasteiger partial charge < -0.3 is 19.5 Å². The predicted octanol–water partition coefficient (Wildman–Crippen LogP) is 2.87. The fraction of sp³-hybridized carbons (Fsp3) is 0.500. The molecule has 1 fully saturated rings. The van der Waals surface area contributed by atoms with Gasteiger partial charge in [0.05, 0.1) is 12.0 Å². The number of hydrogen-bond donors (Lipinski definition) is 1. The third-order valence-corrected chi connectivity index (χ3v) is 4.30. The number of aromatic nitrogens is 2. The van der Waals surface area contributed by atoms with Crippen LogP contribution in [0.25, 0.3) is 0 Å². The molecule has 2 atom stereocenters. The number of likely N-dealkylation sites (tertiary alicyclic amines) is 1. The first-order valence-corrected chi connectivity index (χ1v) is 8.76. The summed E-state index contributed by atoms with van der Waals surface area (Å²) in [6.45, 7) is 5.00. The van der Waals surface area contributed by atoms with Crippen LogP contribution in [0, 0.1) is 12.7 Å². The lowest BCUT2D eigenvalue weighted by atomic mass is 9.98. The van der Waals surface area contributed by atoms with Crippen molar-refractivity contribution in [3.05, 3.63) is 41.8 Å². The number of hydrogen-bond acceptors (Lipinski definition) is 5. The maximum atomic E-state index is 13.6. The third kappa shape index (κ3) is 4.50. The fourth-order valence-corrected chi connectivity index (χ4v) is 2.96. The molecule has 1 aliphatic rings. The SMILES string of the molecule is Cc1noc([C@@H]2CCCN(C(=O)N[C@@H](C)COc3ccccc3F)C2)n1. The van der Waals surface area contributed by atoms with E-state index in [1.807, 2.05) is 6.92 Å². The molecule has 0 aliphatic carbocycles. The normalized spacial score (nSPS) is 18.4. The molecule has 1 N–H and O–H groups in total. The molecule has 2 amide bonds. The van der Waals surface area contributed by atoms with Crippen molar-refractivity contribution in [2.24, 2.45) is 0 Å². The number of benzene rings is 1. The number of piperidine rings is 1. The summed E-state index contributed by atoms with van der Waals surface area (Å²) in [4.78, 5) is 18.5. The van der Waals surface area contributed by atoms with Crippen LogP contribution in [-0.4, -0.2) is 46.8 Å². The number of rotatable bonds is 5. The number of carbonyl (C=O) groups excluding carboxylic acids is 1. The summed E-state index contributed by atoms with van der Waals surface area (Å²) >= 11 is 0. The van der Waals surface area contributed by atoms with Crippen LogP contribution in [0.1, 0.15) is 37.4 Å². The van der Waals surface area contributed by atoms with Gasteiger partial charge in [0.15, 0.2) is 17.4 Å². The molecule has 0 radical (unpaired) electrons. The molecule has 140 valence electrons. The average molecular weight is 362 g/mol. The Kier molecular flexibility index (Phi) is 5.70. The molecule has 0 spiro atoms. The van der Waals surface area contributed by atoms with Crippen LogP contribution < -0.4 is 10.1 Å². The molecule has 1 aliphatic heterocycles. The number of halogens is 1. The summed E-state index contributed by atoms with van der Waals surface area (Å²) in [5, 5.41) is 6.71. The van der Waals surface area contributed by atoms with Gasteiger partial charge >= 0.3 is 6.03 Å². The molecular formula is C18H23FN4O3. The fourth-order valence-electron chi connectivity index (χ4n) is 2.96. The lowest BCUT2D eigenvalue weighted by Crippen LogP contribution is -2.49. The summed E-state index contributed by atoms with van der Waals surface area (Å²) in [6.07, 6.45) is 1.79. The van der Waals surface area contributed by atoms with E-state index in [0.29, 0.717) is 24.8 Å². The number of para-hydroxylation sites is 1. The van der Waals surface area contributed by atoms with E-state index in [0.717, 1.165) is 12.8 Å². The largest absolute Gasteiger partial charge is 0.488 e. The Morgan fingerprint density at radius 2 is 2.31 bits per heavy atom. The van der Waals surface area contributed by atoms with E-state index in [9.17, 15) is 9.18 Å². The van der Waals surface area contributed by atoms with Crippen LogP contribution in [0.2, 0.25) is 0 Å². The van der Waals surface area contributed by atoms with Gasteiger partial charge in [0.1, 0.15) is 6.61 Å². The second-order valence-electron chi connectivity index (χ2n) is 6.56. The highest BCUT2D eigenvalue weighted by Crippen LogP contribution is 2.25. The van der Waals surface area contributed by atoms with Crippen molar-refractivity contribution in [2.45, 2.75) is 38.6 Å². The van der Waals surface area contributed by atoms with Crippen molar-refractivity contribution in [2.75, 3.05) is 19.7 Å². The minimum Gasteiger partial charge on any atom is -0.488 e. The number of ether oxygens (including phenoxy) is 1. The zero-order valence-electron chi connectivity index (χ0n) is 14.9. The maximum absolute atomic E-state index is 13.6. The van der Waals surface area contributed by atoms with E-state index in [4.69, 9.17) is 9.26 Å². The molecule has 26 heavy (non-hydrogen) atoms. The highest BCUT2D eigenvalue weighted by atomic mass is 19.1. The minimum atomic E-state index is -0.417. The third-order valence-electron chi connectivity index (χ3n) is 4.30. The van der Waals surface area contributed by atoms with Gasteiger partial charge in [0.2, 0.25) is 5.89 Å². The van der Waals surface area contributed by atoms with Gasteiger partial charge in [-0.1, -0.05) is 17.3 Å². The number of urea groups is 1. The van der Waals surface area contributed by atoms with Crippen LogP contribution in [-0.2, 0) is 0 Å². The highest BCUT2D eigenvalue weighted by Gasteiger charge is 2.28. The molecule has 3 rings (SSSR count). The zero-order valence-corrected chi connectivity index (χ0v) is 14.9. The van der Waals surface area contributed by atoms with Crippen molar-refractivity contribution in [3.8, 4) is 5.75 Å². The van der Waals surface area contributed by atoms with E-state index in [2.05, 4.69) is 15.5 Å². The zero-order chi connectivity index (χ0) is 18.5. The van der Waals surface area contributed by atoms with Crippen LogP contribution >= 0.6 is 0 Å². The molecule has 7 nitrogen and oxygen atoms in total. The van der Waals surface area contributed by atoms with Crippen molar-refractivity contribution >= 4 is 6.03 Å². The van der Waals surface area contributed by atoms with E-state index < -0.39 is 5.82 Å². The molecule has 0 bridgehead atoms. The molecule has 0 saturated carbocycles. The smallest absolute Gasteiger partial charge is 0.317 e. The van der Waals surface area contributed by atoms with Crippen LogP contribution in [0.5, 0.6) is 5.75 Å². The number of nitrogens with zero attached hydrogens (tertiary/aromatic N) is 3. The summed E-state index contributed by atoms with van der Waals surface area (Å²) in [5.74, 6) is 0.996. The molecule has 1 aromatic carbocycles. The molecule has 1 aromatic heterocycles. The Bertz CT molecular complexity index is 752. The summed E-state index contributed by atoms with van der Waals surface area (Å²) in [6, 6.07) is 5.78. The van der Waals surface area contributed by atoms with Gasteiger partial charge in [0, 0.05) is 13.1 Å². The standard InChI is InChI=1S/C18H23FN4O3/c1-12(11-25-16-8-4-3-7-15(16)19)20-18(24)23-9-5-6-14(10-23)17-21-13(2)22-26-17/h3-4,7-8,12,14H,5-6,9-11H2,1-2H3,(H,20,24)/t12-,14+/m0/s1. The molecule has 0 unspecified atom stereocenters. The number of nitrogens with one attached hydrogen (secondary N) is 1. The first-order valence-electron chi connectivity index (χ1n) is 8.76. The van der Waals surface area contributed by atoms with E-state index in [1.165, 1.54) is 6.07 Å². The molecule has 1 saturated heterocycles. The van der Waals surface area contributed by atoms with Gasteiger partial charge in [-0.3, -0.25) is 0 Å². The lowest BCUT2D eigenvalue weighted by molar-refractivity contribution is 0.164. The Hall–Kier alpha value is -2.64. The minimum absolute atomic E-state index is 0.0562. The molecule has 2 aromatic rings. The molecule has 8 heteroatoms. The average Bonchev–Trinajstić information content (AvgIpc) is 3.07. The van der Waals surface area contributed by atoms with E-state index in [-0.39, 0.29) is 30.3 Å². The van der Waals surface area contributed by atoms with Crippen LogP contribution in [0.15, 0.2) is 28.8 Å². The van der Waals surface area contributed by atoms with Crippen molar-refractivity contribution in [1.29, 1.82) is 0 Å². The second kappa shape index (κ2) is 8.16. The van der Waals surface area contributed by atoms with E-state index in [1.54, 1.807) is 30.0 Å². The van der Waals surface area contributed by atoms with Crippen molar-refractivity contribution < 1.29 is 18.4 Å². The first-order chi connectivity index (χ1) is 12.5. The van der Waals surface area contributed by atoms with Crippen LogP contribution in [0.3, 0.4) is 0 Å². The van der Waals surface area contributed by atoms with Gasteiger partial charge in [-0.2, -0.15) is 4.98 Å². The first kappa shape index (κ1) is 18.2. The summed E-state index contributed by atoms with van der Waals surface area (Å²) in [7, 11) is 0. The Labute approximate surface area is 151 Å². The van der Waals surface area contributed by atoms with Crippen LogP contribution in [0.4, 0.5) is 9.18 Å². The molecular weight excluding hydrogens is 339 g/mol. The van der Waals surface area contributed by atoms with Crippen molar-refractivity contribution in [3.63, 3.8) is 0 Å². The quantitative estimate of drug-likeness (QED) is 0.885. The molecule has 2 heterocycles. The Morgan fingerprint density at radius 3 is 3.04 bits per heavy atom.